The van der Waals surface area contributed by atoms with Crippen LogP contribution in [0, 0.1) is 0 Å². The van der Waals surface area contributed by atoms with Crippen LogP contribution in [0.4, 0.5) is 5.82 Å². The van der Waals surface area contributed by atoms with Crippen molar-refractivity contribution in [3.05, 3.63) is 17.8 Å². The number of anilines is 1. The van der Waals surface area contributed by atoms with Crippen molar-refractivity contribution in [3.8, 4) is 0 Å². The number of hydrogen-bond acceptors (Lipinski definition) is 6. The molecule has 0 bridgehead atoms. The predicted octanol–water partition coefficient (Wildman–Crippen LogP) is 3.16. The maximum absolute atomic E-state index is 6.08. The van der Waals surface area contributed by atoms with Crippen molar-refractivity contribution < 1.29 is 4.74 Å². The molecule has 2 saturated heterocycles. The molecule has 4 heterocycles. The van der Waals surface area contributed by atoms with Gasteiger partial charge in [0.1, 0.15) is 17.0 Å². The van der Waals surface area contributed by atoms with Gasteiger partial charge in [0.2, 0.25) is 0 Å². The number of aromatic nitrogens is 2. The van der Waals surface area contributed by atoms with Crippen LogP contribution in [0.1, 0.15) is 19.3 Å². The van der Waals surface area contributed by atoms with Crippen molar-refractivity contribution >= 4 is 39.1 Å². The van der Waals surface area contributed by atoms with Gasteiger partial charge >= 0.3 is 0 Å². The van der Waals surface area contributed by atoms with Crippen molar-refractivity contribution in [1.82, 2.24) is 9.97 Å². The van der Waals surface area contributed by atoms with E-state index >= 15 is 0 Å². The molecular formula is C14H17N3OS2. The number of fused-ring (bicyclic) bond motifs is 1. The van der Waals surface area contributed by atoms with Gasteiger partial charge < -0.3 is 10.1 Å². The third-order valence-corrected chi connectivity index (χ3v) is 6.21. The van der Waals surface area contributed by atoms with Crippen molar-refractivity contribution in [2.75, 3.05) is 23.4 Å². The Morgan fingerprint density at radius 2 is 2.40 bits per heavy atom. The first kappa shape index (κ1) is 12.9. The van der Waals surface area contributed by atoms with Crippen molar-refractivity contribution in [2.45, 2.75) is 30.9 Å². The average molecular weight is 307 g/mol. The van der Waals surface area contributed by atoms with Gasteiger partial charge in [-0.2, -0.15) is 11.8 Å². The van der Waals surface area contributed by atoms with E-state index in [0.717, 1.165) is 41.2 Å². The van der Waals surface area contributed by atoms with Crippen molar-refractivity contribution in [3.63, 3.8) is 0 Å². The van der Waals surface area contributed by atoms with Crippen molar-refractivity contribution in [1.29, 1.82) is 0 Å². The summed E-state index contributed by atoms with van der Waals surface area (Å²) in [6.07, 6.45) is 4.99. The minimum absolute atomic E-state index is 0.112. The molecule has 4 nitrogen and oxygen atoms in total. The maximum Gasteiger partial charge on any atom is 0.138 e. The molecule has 6 heteroatoms. The maximum atomic E-state index is 6.08. The molecule has 2 aliphatic rings. The molecule has 0 radical (unpaired) electrons. The molecule has 0 saturated carbocycles. The normalized spacial score (nSPS) is 30.1. The van der Waals surface area contributed by atoms with E-state index in [1.54, 1.807) is 17.7 Å². The standard InChI is InChI=1S/C14H17N3OS2/c1-4-18-14(3-6-19-8-14)7-10(1)17-12-11-2-5-20-13(11)16-9-15-12/h2,5,9-10H,1,3-4,6-8H2,(H,15,16,17)/t10-,14-/m0/s1. The molecule has 1 N–H and O–H groups in total. The third-order valence-electron chi connectivity index (χ3n) is 4.16. The van der Waals surface area contributed by atoms with Gasteiger partial charge in [-0.1, -0.05) is 0 Å². The Morgan fingerprint density at radius 1 is 1.40 bits per heavy atom. The average Bonchev–Trinajstić information content (AvgIpc) is 3.09. The molecule has 2 fully saturated rings. The highest BCUT2D eigenvalue weighted by Gasteiger charge is 2.40. The highest BCUT2D eigenvalue weighted by atomic mass is 32.2. The zero-order valence-electron chi connectivity index (χ0n) is 11.2. The third kappa shape index (κ3) is 2.29. The second-order valence-corrected chi connectivity index (χ2v) is 7.53. The quantitative estimate of drug-likeness (QED) is 0.923. The minimum atomic E-state index is 0.112. The summed E-state index contributed by atoms with van der Waals surface area (Å²) in [5.41, 5.74) is 0.112. The summed E-state index contributed by atoms with van der Waals surface area (Å²) in [4.78, 5) is 9.79. The van der Waals surface area contributed by atoms with Crippen molar-refractivity contribution in [2.24, 2.45) is 0 Å². The molecule has 106 valence electrons. The van der Waals surface area contributed by atoms with Crippen LogP contribution in [-0.4, -0.2) is 39.7 Å². The summed E-state index contributed by atoms with van der Waals surface area (Å²) in [6, 6.07) is 2.56. The highest BCUT2D eigenvalue weighted by Crippen LogP contribution is 2.39. The second kappa shape index (κ2) is 5.16. The zero-order valence-corrected chi connectivity index (χ0v) is 12.8. The van der Waals surface area contributed by atoms with Gasteiger partial charge in [-0.15, -0.1) is 11.3 Å². The van der Waals surface area contributed by atoms with E-state index in [4.69, 9.17) is 4.74 Å². The molecule has 20 heavy (non-hydrogen) atoms. The highest BCUT2D eigenvalue weighted by molar-refractivity contribution is 7.99. The van der Waals surface area contributed by atoms with E-state index in [0.29, 0.717) is 6.04 Å². The van der Waals surface area contributed by atoms with Gasteiger partial charge in [0, 0.05) is 18.4 Å². The molecule has 0 aromatic carbocycles. The smallest absolute Gasteiger partial charge is 0.138 e. The molecule has 4 rings (SSSR count). The molecule has 2 aliphatic heterocycles. The number of thiophene rings is 1. The zero-order chi connectivity index (χ0) is 13.4. The number of thioether (sulfide) groups is 1. The molecule has 0 amide bonds. The topological polar surface area (TPSA) is 47.0 Å². The molecule has 2 aromatic rings. The lowest BCUT2D eigenvalue weighted by Gasteiger charge is -2.38. The fraction of sp³-hybridized carbons (Fsp3) is 0.571. The monoisotopic (exact) mass is 307 g/mol. The molecule has 1 spiro atoms. The Kier molecular flexibility index (Phi) is 3.32. The van der Waals surface area contributed by atoms with Crippen LogP contribution in [0.2, 0.25) is 0 Å². The molecule has 2 aromatic heterocycles. The van der Waals surface area contributed by atoms with Gasteiger partial charge in [-0.05, 0) is 36.5 Å². The first-order valence-corrected chi connectivity index (χ1v) is 9.05. The first-order valence-electron chi connectivity index (χ1n) is 7.01. The molecule has 2 atom stereocenters. The summed E-state index contributed by atoms with van der Waals surface area (Å²) < 4.78 is 6.08. The van der Waals surface area contributed by atoms with Crippen LogP contribution in [0.15, 0.2) is 17.8 Å². The molecular weight excluding hydrogens is 290 g/mol. The Bertz CT molecular complexity index is 609. The number of nitrogens with one attached hydrogen (secondary N) is 1. The number of ether oxygens (including phenoxy) is 1. The Hall–Kier alpha value is -0.850. The van der Waals surface area contributed by atoms with E-state index < -0.39 is 0 Å². The number of hydrogen-bond donors (Lipinski definition) is 1. The van der Waals surface area contributed by atoms with E-state index in [9.17, 15) is 0 Å². The van der Waals surface area contributed by atoms with Crippen LogP contribution in [0.3, 0.4) is 0 Å². The van der Waals surface area contributed by atoms with E-state index in [1.165, 1.54) is 12.2 Å². The van der Waals surface area contributed by atoms with Gasteiger partial charge in [0.25, 0.3) is 0 Å². The van der Waals surface area contributed by atoms with Crippen LogP contribution in [0.5, 0.6) is 0 Å². The lowest BCUT2D eigenvalue weighted by Crippen LogP contribution is -2.44. The van der Waals surface area contributed by atoms with E-state index in [2.05, 4.69) is 26.7 Å². The Balaban J connectivity index is 1.55. The fourth-order valence-corrected chi connectivity index (χ4v) is 5.22. The van der Waals surface area contributed by atoms with Gasteiger partial charge in [0.05, 0.1) is 11.0 Å². The van der Waals surface area contributed by atoms with Crippen LogP contribution in [0.25, 0.3) is 10.2 Å². The fourth-order valence-electron chi connectivity index (χ4n) is 3.11. The van der Waals surface area contributed by atoms with E-state index in [-0.39, 0.29) is 5.60 Å². The molecule has 0 aliphatic carbocycles. The van der Waals surface area contributed by atoms with Gasteiger partial charge in [0.15, 0.2) is 0 Å². The summed E-state index contributed by atoms with van der Waals surface area (Å²) >= 11 is 3.68. The molecule has 0 unspecified atom stereocenters. The van der Waals surface area contributed by atoms with Gasteiger partial charge in [-0.25, -0.2) is 9.97 Å². The van der Waals surface area contributed by atoms with E-state index in [1.807, 2.05) is 11.8 Å². The van der Waals surface area contributed by atoms with Crippen LogP contribution >= 0.6 is 23.1 Å². The predicted molar refractivity (Wildman–Crippen MR) is 84.7 cm³/mol. The first-order chi connectivity index (χ1) is 9.85. The van der Waals surface area contributed by atoms with Crippen LogP contribution in [-0.2, 0) is 4.74 Å². The summed E-state index contributed by atoms with van der Waals surface area (Å²) in [7, 11) is 0. The Labute approximate surface area is 126 Å². The second-order valence-electron chi connectivity index (χ2n) is 5.53. The lowest BCUT2D eigenvalue weighted by molar-refractivity contribution is -0.0628. The largest absolute Gasteiger partial charge is 0.374 e. The lowest BCUT2D eigenvalue weighted by atomic mass is 9.90. The van der Waals surface area contributed by atoms with Gasteiger partial charge in [-0.3, -0.25) is 0 Å². The number of rotatable bonds is 2. The SMILES string of the molecule is c1nc(N[C@H]2CCO[C@@]3(CCSC3)C2)c2ccsc2n1. The number of nitrogens with zero attached hydrogens (tertiary/aromatic N) is 2. The summed E-state index contributed by atoms with van der Waals surface area (Å²) in [6.45, 7) is 0.857. The van der Waals surface area contributed by atoms with Crippen LogP contribution < -0.4 is 5.32 Å². The Morgan fingerprint density at radius 3 is 3.30 bits per heavy atom. The minimum Gasteiger partial charge on any atom is -0.374 e. The summed E-state index contributed by atoms with van der Waals surface area (Å²) in [5.74, 6) is 3.35. The summed E-state index contributed by atoms with van der Waals surface area (Å²) in [5, 5.41) is 6.84.